The first-order valence-electron chi connectivity index (χ1n) is 9.42. The van der Waals surface area contributed by atoms with Crippen LogP contribution in [0.4, 0.5) is 13.2 Å². The molecule has 0 radical (unpaired) electrons. The molecule has 1 heterocycles. The number of carbonyl (C=O) groups excluding carboxylic acids is 1. The second kappa shape index (κ2) is 11.0. The number of halogens is 4. The van der Waals surface area contributed by atoms with Crippen molar-refractivity contribution in [1.82, 2.24) is 15.0 Å². The first-order chi connectivity index (χ1) is 15.7. The third kappa shape index (κ3) is 7.53. The highest BCUT2D eigenvalue weighted by molar-refractivity contribution is 7.90. The van der Waals surface area contributed by atoms with Gasteiger partial charge in [-0.05, 0) is 26.2 Å². The first kappa shape index (κ1) is 27.3. The molecule has 2 aromatic rings. The van der Waals surface area contributed by atoms with Crippen molar-refractivity contribution in [2.24, 2.45) is 10.7 Å². The Morgan fingerprint density at radius 1 is 1.32 bits per heavy atom. The van der Waals surface area contributed by atoms with Gasteiger partial charge in [-0.25, -0.2) is 8.42 Å². The highest BCUT2D eigenvalue weighted by atomic mass is 35.5. The average molecular weight is 524 g/mol. The molecule has 15 heteroatoms. The standard InChI is InChI=1S/C19H21ClF3N5O5S/c1-28(2)7-8-32-13(29)10-25-15(14(20)16(24)19(21,22)23)18-26-17(27-33-18)11-5-4-6-12(9-11)34(3,30)31/h4-6,9H,7-8,10,24H2,1-3H3. The molecule has 1 aromatic carbocycles. The summed E-state index contributed by atoms with van der Waals surface area (Å²) >= 11 is 5.82. The molecule has 186 valence electrons. The summed E-state index contributed by atoms with van der Waals surface area (Å²) in [4.78, 5) is 21.3. The fourth-order valence-electron chi connectivity index (χ4n) is 2.32. The van der Waals surface area contributed by atoms with Crippen LogP contribution < -0.4 is 5.73 Å². The van der Waals surface area contributed by atoms with Crippen LogP contribution in [0.25, 0.3) is 11.4 Å². The van der Waals surface area contributed by atoms with Crippen LogP contribution >= 0.6 is 11.6 Å². The Hall–Kier alpha value is -2.97. The van der Waals surface area contributed by atoms with Crippen molar-refractivity contribution in [3.63, 3.8) is 0 Å². The van der Waals surface area contributed by atoms with Crippen LogP contribution in [-0.2, 0) is 19.4 Å². The number of hydrogen-bond donors (Lipinski definition) is 1. The van der Waals surface area contributed by atoms with Gasteiger partial charge in [0.25, 0.3) is 5.89 Å². The Balaban J connectivity index is 2.43. The highest BCUT2D eigenvalue weighted by Gasteiger charge is 2.36. The summed E-state index contributed by atoms with van der Waals surface area (Å²) in [6.45, 7) is -0.249. The lowest BCUT2D eigenvalue weighted by atomic mass is 10.2. The third-order valence-electron chi connectivity index (χ3n) is 4.07. The smallest absolute Gasteiger partial charge is 0.432 e. The SMILES string of the molecule is CN(C)CCOC(=O)CN=C(C(Cl)=C(N)C(F)(F)F)c1nc(-c2cccc(S(C)(=O)=O)c2)no1. The number of aliphatic imine (C=N–C) groups is 1. The predicted molar refractivity (Wildman–Crippen MR) is 117 cm³/mol. The molecule has 0 saturated carbocycles. The molecule has 0 fully saturated rings. The minimum atomic E-state index is -5.00. The Morgan fingerprint density at radius 2 is 2.00 bits per heavy atom. The zero-order chi connectivity index (χ0) is 25.7. The van der Waals surface area contributed by atoms with E-state index in [9.17, 15) is 26.4 Å². The number of sulfone groups is 1. The zero-order valence-electron chi connectivity index (χ0n) is 18.3. The minimum Gasteiger partial charge on any atom is -0.463 e. The number of hydrogen-bond acceptors (Lipinski definition) is 10. The van der Waals surface area contributed by atoms with Crippen LogP contribution in [0, 0.1) is 0 Å². The van der Waals surface area contributed by atoms with Gasteiger partial charge in [0, 0.05) is 18.4 Å². The number of nitrogens with two attached hydrogens (primary N) is 1. The third-order valence-corrected chi connectivity index (χ3v) is 5.56. The summed E-state index contributed by atoms with van der Waals surface area (Å²) in [6.07, 6.45) is -4.00. The van der Waals surface area contributed by atoms with Crippen LogP contribution in [0.2, 0.25) is 0 Å². The fourth-order valence-corrected chi connectivity index (χ4v) is 3.23. The maximum Gasteiger partial charge on any atom is 0.432 e. The molecule has 0 aliphatic heterocycles. The number of esters is 1. The number of likely N-dealkylation sites (N-methyl/N-ethyl adjacent to an activating group) is 1. The molecule has 0 aliphatic rings. The van der Waals surface area contributed by atoms with Gasteiger partial charge in [0.15, 0.2) is 9.84 Å². The molecule has 0 aliphatic carbocycles. The lowest BCUT2D eigenvalue weighted by molar-refractivity contribution is -0.142. The number of rotatable bonds is 9. The molecule has 2 rings (SSSR count). The predicted octanol–water partition coefficient (Wildman–Crippen LogP) is 2.01. The second-order valence-electron chi connectivity index (χ2n) is 7.14. The number of ether oxygens (including phenoxy) is 1. The van der Waals surface area contributed by atoms with Gasteiger partial charge in [-0.3, -0.25) is 9.79 Å². The van der Waals surface area contributed by atoms with Crippen molar-refractivity contribution < 1.29 is 35.6 Å². The molecule has 0 atom stereocenters. The highest BCUT2D eigenvalue weighted by Crippen LogP contribution is 2.28. The largest absolute Gasteiger partial charge is 0.463 e. The maximum absolute atomic E-state index is 13.1. The van der Waals surface area contributed by atoms with Gasteiger partial charge in [0.2, 0.25) is 5.82 Å². The Bertz CT molecular complexity index is 1210. The minimum absolute atomic E-state index is 0.0341. The van der Waals surface area contributed by atoms with E-state index in [0.717, 1.165) is 6.26 Å². The normalized spacial score (nSPS) is 13.7. The van der Waals surface area contributed by atoms with Crippen LogP contribution in [0.3, 0.4) is 0 Å². The Labute approximate surface area is 198 Å². The summed E-state index contributed by atoms with van der Waals surface area (Å²) in [6, 6.07) is 5.49. The van der Waals surface area contributed by atoms with Crippen LogP contribution in [-0.4, -0.2) is 81.4 Å². The van der Waals surface area contributed by atoms with E-state index in [1.807, 2.05) is 0 Å². The Morgan fingerprint density at radius 3 is 2.59 bits per heavy atom. The molecular weight excluding hydrogens is 503 g/mol. The second-order valence-corrected chi connectivity index (χ2v) is 9.53. The number of allylic oxidation sites excluding steroid dienone is 2. The van der Waals surface area contributed by atoms with E-state index < -0.39 is 50.9 Å². The first-order valence-corrected chi connectivity index (χ1v) is 11.7. The number of benzene rings is 1. The summed E-state index contributed by atoms with van der Waals surface area (Å²) in [5, 5.41) is 2.58. The van der Waals surface area contributed by atoms with E-state index in [2.05, 4.69) is 15.1 Å². The van der Waals surface area contributed by atoms with E-state index in [4.69, 9.17) is 26.6 Å². The molecule has 0 spiro atoms. The maximum atomic E-state index is 13.1. The summed E-state index contributed by atoms with van der Waals surface area (Å²) < 4.78 is 72.8. The lowest BCUT2D eigenvalue weighted by Gasteiger charge is -2.10. The number of aromatic nitrogens is 2. The molecule has 0 bridgehead atoms. The molecule has 34 heavy (non-hydrogen) atoms. The number of nitrogens with zero attached hydrogens (tertiary/aromatic N) is 4. The van der Waals surface area contributed by atoms with Crippen LogP contribution in [0.15, 0.2) is 49.4 Å². The van der Waals surface area contributed by atoms with Crippen molar-refractivity contribution in [3.8, 4) is 11.4 Å². The number of carbonyl (C=O) groups is 1. The molecule has 0 unspecified atom stereocenters. The summed E-state index contributed by atoms with van der Waals surface area (Å²) in [7, 11) is -0.0350. The summed E-state index contributed by atoms with van der Waals surface area (Å²) in [5.41, 5.74) is 2.93. The summed E-state index contributed by atoms with van der Waals surface area (Å²) in [5.74, 6) is -1.56. The van der Waals surface area contributed by atoms with Gasteiger partial charge in [0.05, 0.1) is 9.93 Å². The zero-order valence-corrected chi connectivity index (χ0v) is 19.8. The van der Waals surface area contributed by atoms with Gasteiger partial charge < -0.3 is 19.9 Å². The molecular formula is C19H21ClF3N5O5S. The van der Waals surface area contributed by atoms with E-state index in [1.165, 1.54) is 24.3 Å². The van der Waals surface area contributed by atoms with Gasteiger partial charge in [-0.2, -0.15) is 18.2 Å². The Kier molecular flexibility index (Phi) is 8.80. The van der Waals surface area contributed by atoms with E-state index in [0.29, 0.717) is 6.54 Å². The molecule has 10 nitrogen and oxygen atoms in total. The van der Waals surface area contributed by atoms with E-state index in [1.54, 1.807) is 19.0 Å². The van der Waals surface area contributed by atoms with E-state index in [-0.39, 0.29) is 22.9 Å². The number of alkyl halides is 3. The van der Waals surface area contributed by atoms with Crippen molar-refractivity contribution in [3.05, 3.63) is 40.9 Å². The van der Waals surface area contributed by atoms with E-state index >= 15 is 0 Å². The van der Waals surface area contributed by atoms with Gasteiger partial charge in [-0.15, -0.1) is 0 Å². The quantitative estimate of drug-likeness (QED) is 0.386. The molecule has 2 N–H and O–H groups in total. The van der Waals surface area contributed by atoms with Crippen molar-refractivity contribution in [2.45, 2.75) is 11.1 Å². The monoisotopic (exact) mass is 523 g/mol. The van der Waals surface area contributed by atoms with Crippen LogP contribution in [0.1, 0.15) is 5.89 Å². The van der Waals surface area contributed by atoms with Gasteiger partial charge in [-0.1, -0.05) is 28.9 Å². The molecule has 1 aromatic heterocycles. The van der Waals surface area contributed by atoms with Crippen molar-refractivity contribution in [2.75, 3.05) is 40.0 Å². The molecule has 0 saturated heterocycles. The van der Waals surface area contributed by atoms with Gasteiger partial charge in [0.1, 0.15) is 24.6 Å². The average Bonchev–Trinajstić information content (AvgIpc) is 3.21. The van der Waals surface area contributed by atoms with Crippen molar-refractivity contribution in [1.29, 1.82) is 0 Å². The lowest BCUT2D eigenvalue weighted by Crippen LogP contribution is -2.24. The van der Waals surface area contributed by atoms with Crippen LogP contribution in [0.5, 0.6) is 0 Å². The topological polar surface area (TPSA) is 141 Å². The van der Waals surface area contributed by atoms with Crippen molar-refractivity contribution >= 4 is 33.1 Å². The fraction of sp³-hybridized carbons (Fsp3) is 0.368. The van der Waals surface area contributed by atoms with Gasteiger partial charge >= 0.3 is 12.1 Å². The molecule has 0 amide bonds.